The first-order chi connectivity index (χ1) is 14.0. The minimum Gasteiger partial charge on any atom is -0.436 e. The van der Waals surface area contributed by atoms with Crippen LogP contribution in [0.5, 0.6) is 0 Å². The van der Waals surface area contributed by atoms with Crippen LogP contribution in [0.4, 0.5) is 10.1 Å². The molecule has 0 fully saturated rings. The maximum absolute atomic E-state index is 14.0. The minimum absolute atomic E-state index is 0.118. The number of nitrogens with zero attached hydrogens (tertiary/aromatic N) is 1. The molecule has 5 nitrogen and oxygen atoms in total. The maximum Gasteiger partial charge on any atom is 0.257 e. The molecule has 3 aromatic carbocycles. The fourth-order valence-corrected chi connectivity index (χ4v) is 3.12. The van der Waals surface area contributed by atoms with E-state index in [0.29, 0.717) is 27.4 Å². The molecule has 0 unspecified atom stereocenters. The molecule has 0 aliphatic heterocycles. The van der Waals surface area contributed by atoms with E-state index in [2.05, 4.69) is 15.6 Å². The van der Waals surface area contributed by atoms with Gasteiger partial charge in [-0.15, -0.1) is 0 Å². The second kappa shape index (κ2) is 7.98. The number of thiocarbonyl (C=S) groups is 1. The molecular weight excluding hydrogens is 413 g/mol. The molecule has 0 saturated heterocycles. The topological polar surface area (TPSA) is 67.2 Å². The van der Waals surface area contributed by atoms with Gasteiger partial charge in [-0.05, 0) is 60.7 Å². The highest BCUT2D eigenvalue weighted by Crippen LogP contribution is 2.27. The number of hydrogen-bond acceptors (Lipinski definition) is 4. The molecule has 2 N–H and O–H groups in total. The van der Waals surface area contributed by atoms with Gasteiger partial charge in [0, 0.05) is 16.3 Å². The lowest BCUT2D eigenvalue weighted by Crippen LogP contribution is -2.34. The van der Waals surface area contributed by atoms with Gasteiger partial charge < -0.3 is 9.73 Å². The molecule has 4 aromatic rings. The number of nitrogens with one attached hydrogen (secondary N) is 2. The predicted octanol–water partition coefficient (Wildman–Crippen LogP) is 5.41. The molecule has 1 heterocycles. The van der Waals surface area contributed by atoms with E-state index in [-0.39, 0.29) is 22.5 Å². The van der Waals surface area contributed by atoms with Crippen LogP contribution in [0, 0.1) is 5.82 Å². The number of anilines is 1. The molecule has 0 radical (unpaired) electrons. The Morgan fingerprint density at radius 3 is 2.69 bits per heavy atom. The van der Waals surface area contributed by atoms with Crippen molar-refractivity contribution in [3.05, 3.63) is 83.1 Å². The number of carbonyl (C=O) groups excluding carboxylic acids is 1. The van der Waals surface area contributed by atoms with Gasteiger partial charge >= 0.3 is 0 Å². The number of amides is 1. The number of halogens is 2. The van der Waals surface area contributed by atoms with Crippen LogP contribution in [0.25, 0.3) is 22.6 Å². The fraction of sp³-hybridized carbons (Fsp3) is 0. The lowest BCUT2D eigenvalue weighted by atomic mass is 10.2. The first-order valence-corrected chi connectivity index (χ1v) is 9.31. The van der Waals surface area contributed by atoms with Crippen LogP contribution in [0.2, 0.25) is 5.02 Å². The number of fused-ring (bicyclic) bond motifs is 1. The van der Waals surface area contributed by atoms with Crippen LogP contribution in [0.15, 0.2) is 71.1 Å². The molecular formula is C21H13ClFN3O2S. The van der Waals surface area contributed by atoms with Gasteiger partial charge in [0.25, 0.3) is 5.91 Å². The summed E-state index contributed by atoms with van der Waals surface area (Å²) in [5, 5.41) is 6.08. The average Bonchev–Trinajstić information content (AvgIpc) is 3.11. The normalized spacial score (nSPS) is 10.7. The first-order valence-electron chi connectivity index (χ1n) is 8.53. The van der Waals surface area contributed by atoms with E-state index < -0.39 is 5.82 Å². The van der Waals surface area contributed by atoms with Crippen molar-refractivity contribution in [1.82, 2.24) is 10.3 Å². The second-order valence-electron chi connectivity index (χ2n) is 6.10. The van der Waals surface area contributed by atoms with E-state index >= 15 is 0 Å². The number of aromatic nitrogens is 1. The van der Waals surface area contributed by atoms with Gasteiger partial charge in [-0.1, -0.05) is 29.8 Å². The van der Waals surface area contributed by atoms with Crippen molar-refractivity contribution in [2.24, 2.45) is 0 Å². The van der Waals surface area contributed by atoms with E-state index in [4.69, 9.17) is 28.2 Å². The summed E-state index contributed by atoms with van der Waals surface area (Å²) < 4.78 is 19.6. The second-order valence-corrected chi connectivity index (χ2v) is 6.94. The van der Waals surface area contributed by atoms with Gasteiger partial charge in [0.2, 0.25) is 5.89 Å². The number of oxazole rings is 1. The van der Waals surface area contributed by atoms with Gasteiger partial charge in [0.15, 0.2) is 10.7 Å². The van der Waals surface area contributed by atoms with Gasteiger partial charge in [-0.25, -0.2) is 9.37 Å². The van der Waals surface area contributed by atoms with Crippen molar-refractivity contribution in [2.45, 2.75) is 0 Å². The summed E-state index contributed by atoms with van der Waals surface area (Å²) in [4.78, 5) is 16.6. The Balaban J connectivity index is 1.50. The van der Waals surface area contributed by atoms with Gasteiger partial charge in [-0.3, -0.25) is 10.1 Å². The highest BCUT2D eigenvalue weighted by Gasteiger charge is 2.13. The number of hydrogen-bond donors (Lipinski definition) is 2. The van der Waals surface area contributed by atoms with Crippen molar-refractivity contribution < 1.29 is 13.6 Å². The third-order valence-electron chi connectivity index (χ3n) is 4.06. The molecule has 4 rings (SSSR count). The third-order valence-corrected chi connectivity index (χ3v) is 4.50. The van der Waals surface area contributed by atoms with Crippen molar-refractivity contribution in [3.8, 4) is 11.5 Å². The summed E-state index contributed by atoms with van der Waals surface area (Å²) in [7, 11) is 0. The monoisotopic (exact) mass is 425 g/mol. The molecule has 0 atom stereocenters. The summed E-state index contributed by atoms with van der Waals surface area (Å²) in [6, 6.07) is 17.9. The number of benzene rings is 3. The highest BCUT2D eigenvalue weighted by atomic mass is 35.5. The maximum atomic E-state index is 14.0. The SMILES string of the molecule is O=C(NC(=S)Nc1ccc2oc(-c3ccccc3F)nc2c1)c1cccc(Cl)c1. The summed E-state index contributed by atoms with van der Waals surface area (Å²) in [5.41, 5.74) is 2.30. The Morgan fingerprint density at radius 1 is 1.07 bits per heavy atom. The fourth-order valence-electron chi connectivity index (χ4n) is 2.72. The van der Waals surface area contributed by atoms with E-state index in [1.165, 1.54) is 6.07 Å². The molecule has 0 aliphatic carbocycles. The van der Waals surface area contributed by atoms with Crippen LogP contribution in [0.1, 0.15) is 10.4 Å². The molecule has 0 bridgehead atoms. The minimum atomic E-state index is -0.415. The summed E-state index contributed by atoms with van der Waals surface area (Å²) in [5.74, 6) is -0.608. The van der Waals surface area contributed by atoms with Crippen molar-refractivity contribution in [2.75, 3.05) is 5.32 Å². The molecule has 1 amide bonds. The lowest BCUT2D eigenvalue weighted by molar-refractivity contribution is 0.0977. The molecule has 0 aliphatic rings. The van der Waals surface area contributed by atoms with E-state index in [0.717, 1.165) is 0 Å². The molecule has 0 saturated carbocycles. The highest BCUT2D eigenvalue weighted by molar-refractivity contribution is 7.80. The zero-order valence-electron chi connectivity index (χ0n) is 14.8. The Bertz CT molecular complexity index is 1240. The average molecular weight is 426 g/mol. The Hall–Kier alpha value is -3.29. The van der Waals surface area contributed by atoms with Crippen LogP contribution < -0.4 is 10.6 Å². The Labute approximate surface area is 175 Å². The van der Waals surface area contributed by atoms with Gasteiger partial charge in [0.05, 0.1) is 5.56 Å². The summed E-state index contributed by atoms with van der Waals surface area (Å²) >= 11 is 11.1. The van der Waals surface area contributed by atoms with E-state index in [9.17, 15) is 9.18 Å². The third kappa shape index (κ3) is 4.26. The van der Waals surface area contributed by atoms with Gasteiger partial charge in [0.1, 0.15) is 11.3 Å². The molecule has 8 heteroatoms. The number of carbonyl (C=O) groups is 1. The number of rotatable bonds is 3. The quantitative estimate of drug-likeness (QED) is 0.429. The predicted molar refractivity (Wildman–Crippen MR) is 115 cm³/mol. The zero-order chi connectivity index (χ0) is 20.4. The van der Waals surface area contributed by atoms with Crippen LogP contribution in [-0.4, -0.2) is 16.0 Å². The van der Waals surface area contributed by atoms with Gasteiger partial charge in [-0.2, -0.15) is 0 Å². The Kier molecular flexibility index (Phi) is 5.24. The standard InChI is InChI=1S/C21H13ClFN3O2S/c22-13-5-3-4-12(10-13)19(27)26-21(29)24-14-8-9-18-17(11-14)25-20(28-18)15-6-1-2-7-16(15)23/h1-11H,(H2,24,26,27,29). The summed E-state index contributed by atoms with van der Waals surface area (Å²) in [6.45, 7) is 0. The summed E-state index contributed by atoms with van der Waals surface area (Å²) in [6.07, 6.45) is 0. The largest absolute Gasteiger partial charge is 0.436 e. The van der Waals surface area contributed by atoms with Crippen molar-refractivity contribution >= 4 is 51.6 Å². The molecule has 1 aromatic heterocycles. The Morgan fingerprint density at radius 2 is 1.90 bits per heavy atom. The zero-order valence-corrected chi connectivity index (χ0v) is 16.4. The molecule has 29 heavy (non-hydrogen) atoms. The molecule has 144 valence electrons. The van der Waals surface area contributed by atoms with Crippen LogP contribution in [-0.2, 0) is 0 Å². The van der Waals surface area contributed by atoms with E-state index in [1.807, 2.05) is 0 Å². The molecule has 0 spiro atoms. The van der Waals surface area contributed by atoms with Crippen molar-refractivity contribution in [1.29, 1.82) is 0 Å². The lowest BCUT2D eigenvalue weighted by Gasteiger charge is -2.09. The first kappa shape index (κ1) is 19.0. The van der Waals surface area contributed by atoms with Crippen LogP contribution >= 0.6 is 23.8 Å². The smallest absolute Gasteiger partial charge is 0.257 e. The van der Waals surface area contributed by atoms with E-state index in [1.54, 1.807) is 60.7 Å². The van der Waals surface area contributed by atoms with Crippen molar-refractivity contribution in [3.63, 3.8) is 0 Å². The van der Waals surface area contributed by atoms with Crippen LogP contribution in [0.3, 0.4) is 0 Å².